The Balaban J connectivity index is 1.19. The van der Waals surface area contributed by atoms with E-state index in [1.165, 1.54) is 23.8 Å². The molecule has 1 aliphatic carbocycles. The number of nitrogens with zero attached hydrogens (tertiary/aromatic N) is 2. The summed E-state index contributed by atoms with van der Waals surface area (Å²) in [5, 5.41) is 2.73. The molecule has 3 unspecified atom stereocenters. The van der Waals surface area contributed by atoms with Gasteiger partial charge in [0.2, 0.25) is 0 Å². The number of fused-ring (bicyclic) bond motifs is 3. The molecule has 0 saturated carbocycles. The molecule has 2 saturated heterocycles. The Kier molecular flexibility index (Phi) is 4.92. The van der Waals surface area contributed by atoms with Crippen molar-refractivity contribution in [1.82, 2.24) is 9.80 Å². The zero-order valence-corrected chi connectivity index (χ0v) is 16.8. The summed E-state index contributed by atoms with van der Waals surface area (Å²) < 4.78 is 51.6. The first-order valence-electron chi connectivity index (χ1n) is 10.6. The minimum atomic E-state index is -4.39. The molecule has 2 aromatic carbocycles. The highest BCUT2D eigenvalue weighted by Crippen LogP contribution is 2.36. The number of urea groups is 1. The smallest absolute Gasteiger partial charge is 0.319 e. The largest absolute Gasteiger partial charge is 0.416 e. The van der Waals surface area contributed by atoms with Gasteiger partial charge in [0.1, 0.15) is 5.82 Å². The number of hydrogen-bond acceptors (Lipinski definition) is 2. The maximum absolute atomic E-state index is 13.5. The van der Waals surface area contributed by atoms with Crippen molar-refractivity contribution in [3.05, 3.63) is 65.0 Å². The molecular formula is C23H23F4N3O. The second kappa shape index (κ2) is 7.51. The molecule has 2 bridgehead atoms. The normalized spacial score (nSPS) is 25.5. The Morgan fingerprint density at radius 1 is 0.968 bits per heavy atom. The van der Waals surface area contributed by atoms with E-state index < -0.39 is 11.7 Å². The predicted molar refractivity (Wildman–Crippen MR) is 108 cm³/mol. The average molecular weight is 433 g/mol. The molecule has 2 fully saturated rings. The summed E-state index contributed by atoms with van der Waals surface area (Å²) in [6.07, 6.45) is -0.737. The van der Waals surface area contributed by atoms with Crippen molar-refractivity contribution in [2.45, 2.75) is 50.0 Å². The van der Waals surface area contributed by atoms with Crippen LogP contribution in [0.15, 0.2) is 42.5 Å². The van der Waals surface area contributed by atoms with Crippen LogP contribution in [0.5, 0.6) is 0 Å². The molecule has 2 amide bonds. The maximum atomic E-state index is 13.5. The van der Waals surface area contributed by atoms with Crippen LogP contribution in [0.1, 0.15) is 29.5 Å². The fraction of sp³-hybridized carbons (Fsp3) is 0.435. The van der Waals surface area contributed by atoms with Crippen molar-refractivity contribution >= 4 is 11.7 Å². The number of likely N-dealkylation sites (tertiary alicyclic amines) is 2. The van der Waals surface area contributed by atoms with Crippen molar-refractivity contribution < 1.29 is 22.4 Å². The number of benzene rings is 2. The number of halogens is 4. The van der Waals surface area contributed by atoms with E-state index in [0.29, 0.717) is 18.3 Å². The molecule has 164 valence electrons. The lowest BCUT2D eigenvalue weighted by Gasteiger charge is -2.40. The Morgan fingerprint density at radius 3 is 2.42 bits per heavy atom. The van der Waals surface area contributed by atoms with Gasteiger partial charge in [0.15, 0.2) is 0 Å². The molecule has 3 atom stereocenters. The molecule has 2 heterocycles. The lowest BCUT2D eigenvalue weighted by Crippen LogP contribution is -2.54. The SMILES string of the molecule is O=C(Nc1ccc(C(F)(F)F)cc1)N1CC2CC1CN2C1CCc2cc(F)ccc2C1. The van der Waals surface area contributed by atoms with E-state index in [1.807, 2.05) is 6.07 Å². The van der Waals surface area contributed by atoms with E-state index in [4.69, 9.17) is 0 Å². The van der Waals surface area contributed by atoms with E-state index in [9.17, 15) is 22.4 Å². The summed E-state index contributed by atoms with van der Waals surface area (Å²) in [6.45, 7) is 1.41. The number of hydrogen-bond donors (Lipinski definition) is 1. The van der Waals surface area contributed by atoms with Crippen LogP contribution >= 0.6 is 0 Å². The van der Waals surface area contributed by atoms with E-state index in [2.05, 4.69) is 10.2 Å². The summed E-state index contributed by atoms with van der Waals surface area (Å²) in [7, 11) is 0. The van der Waals surface area contributed by atoms with Crippen molar-refractivity contribution in [2.75, 3.05) is 18.4 Å². The third kappa shape index (κ3) is 3.89. The lowest BCUT2D eigenvalue weighted by atomic mass is 9.87. The standard InChI is InChI=1S/C23H23F4N3O/c24-17-5-1-15-10-19(8-2-14(15)9-17)29-12-21-11-20(29)13-30(21)22(31)28-18-6-3-16(4-7-18)23(25,26)27/h1,3-7,9,19-21H,2,8,10-13H2,(H,28,31). The third-order valence-corrected chi connectivity index (χ3v) is 6.85. The highest BCUT2D eigenvalue weighted by Gasteiger charge is 2.47. The number of amides is 2. The minimum Gasteiger partial charge on any atom is -0.319 e. The number of carbonyl (C=O) groups excluding carboxylic acids is 1. The Morgan fingerprint density at radius 2 is 1.74 bits per heavy atom. The molecule has 4 nitrogen and oxygen atoms in total. The molecular weight excluding hydrogens is 410 g/mol. The first-order chi connectivity index (χ1) is 14.8. The summed E-state index contributed by atoms with van der Waals surface area (Å²) in [5.41, 5.74) is 1.92. The second-order valence-electron chi connectivity index (χ2n) is 8.71. The molecule has 1 N–H and O–H groups in total. The van der Waals surface area contributed by atoms with Gasteiger partial charge in [0, 0.05) is 36.9 Å². The summed E-state index contributed by atoms with van der Waals surface area (Å²) >= 11 is 0. The van der Waals surface area contributed by atoms with Gasteiger partial charge >= 0.3 is 12.2 Å². The van der Waals surface area contributed by atoms with Crippen molar-refractivity contribution in [2.24, 2.45) is 0 Å². The van der Waals surface area contributed by atoms with E-state index in [0.717, 1.165) is 49.9 Å². The highest BCUT2D eigenvalue weighted by molar-refractivity contribution is 5.90. The average Bonchev–Trinajstić information content (AvgIpc) is 3.34. The van der Waals surface area contributed by atoms with Gasteiger partial charge in [0.25, 0.3) is 0 Å². The van der Waals surface area contributed by atoms with E-state index in [-0.39, 0.29) is 23.9 Å². The Bertz CT molecular complexity index is 991. The van der Waals surface area contributed by atoms with Gasteiger partial charge in [-0.25, -0.2) is 9.18 Å². The zero-order chi connectivity index (χ0) is 21.8. The quantitative estimate of drug-likeness (QED) is 0.698. The first-order valence-corrected chi connectivity index (χ1v) is 10.6. The molecule has 31 heavy (non-hydrogen) atoms. The molecule has 5 rings (SSSR count). The Hall–Kier alpha value is -2.61. The van der Waals surface area contributed by atoms with Crippen LogP contribution in [-0.4, -0.2) is 47.0 Å². The van der Waals surface area contributed by atoms with Crippen molar-refractivity contribution in [1.29, 1.82) is 0 Å². The molecule has 2 aromatic rings. The van der Waals surface area contributed by atoms with Crippen LogP contribution in [0.3, 0.4) is 0 Å². The van der Waals surface area contributed by atoms with Crippen LogP contribution < -0.4 is 5.32 Å². The van der Waals surface area contributed by atoms with Gasteiger partial charge in [-0.3, -0.25) is 4.90 Å². The fourth-order valence-electron chi connectivity index (χ4n) is 5.32. The highest BCUT2D eigenvalue weighted by atomic mass is 19.4. The maximum Gasteiger partial charge on any atom is 0.416 e. The third-order valence-electron chi connectivity index (χ3n) is 6.85. The van der Waals surface area contributed by atoms with Gasteiger partial charge in [-0.05, 0) is 73.2 Å². The minimum absolute atomic E-state index is 0.106. The Labute approximate surface area is 177 Å². The molecule has 0 spiro atoms. The van der Waals surface area contributed by atoms with Gasteiger partial charge in [-0.2, -0.15) is 13.2 Å². The molecule has 2 aliphatic heterocycles. The monoisotopic (exact) mass is 433 g/mol. The summed E-state index contributed by atoms with van der Waals surface area (Å²) in [4.78, 5) is 17.0. The van der Waals surface area contributed by atoms with E-state index >= 15 is 0 Å². The van der Waals surface area contributed by atoms with Crippen LogP contribution in [0.4, 0.5) is 28.0 Å². The van der Waals surface area contributed by atoms with Crippen LogP contribution in [0, 0.1) is 5.82 Å². The molecule has 0 radical (unpaired) electrons. The number of piperazine rings is 1. The van der Waals surface area contributed by atoms with Gasteiger partial charge in [-0.1, -0.05) is 6.07 Å². The van der Waals surface area contributed by atoms with Crippen molar-refractivity contribution in [3.63, 3.8) is 0 Å². The number of aryl methyl sites for hydroxylation is 1. The van der Waals surface area contributed by atoms with Crippen LogP contribution in [0.25, 0.3) is 0 Å². The zero-order valence-electron chi connectivity index (χ0n) is 16.8. The van der Waals surface area contributed by atoms with Crippen LogP contribution in [-0.2, 0) is 19.0 Å². The molecule has 0 aromatic heterocycles. The van der Waals surface area contributed by atoms with Gasteiger partial charge in [0.05, 0.1) is 5.56 Å². The summed E-state index contributed by atoms with van der Waals surface area (Å²) in [6, 6.07) is 10.1. The number of alkyl halides is 3. The lowest BCUT2D eigenvalue weighted by molar-refractivity contribution is -0.137. The van der Waals surface area contributed by atoms with E-state index in [1.54, 1.807) is 11.0 Å². The second-order valence-corrected chi connectivity index (χ2v) is 8.71. The van der Waals surface area contributed by atoms with Gasteiger partial charge in [-0.15, -0.1) is 0 Å². The van der Waals surface area contributed by atoms with Crippen molar-refractivity contribution in [3.8, 4) is 0 Å². The molecule has 8 heteroatoms. The summed E-state index contributed by atoms with van der Waals surface area (Å²) in [5.74, 6) is -0.188. The molecule has 3 aliphatic rings. The van der Waals surface area contributed by atoms with Gasteiger partial charge < -0.3 is 10.2 Å². The van der Waals surface area contributed by atoms with Crippen LogP contribution in [0.2, 0.25) is 0 Å². The predicted octanol–water partition coefficient (Wildman–Crippen LogP) is 4.69. The fourth-order valence-corrected chi connectivity index (χ4v) is 5.32. The first kappa shape index (κ1) is 20.3. The topological polar surface area (TPSA) is 35.6 Å². The number of carbonyl (C=O) groups is 1. The number of nitrogens with one attached hydrogen (secondary N) is 1. The number of rotatable bonds is 2. The number of anilines is 1.